The van der Waals surface area contributed by atoms with Crippen molar-refractivity contribution < 1.29 is 18.3 Å². The van der Waals surface area contributed by atoms with E-state index in [-0.39, 0.29) is 47.6 Å². The van der Waals surface area contributed by atoms with E-state index in [1.165, 1.54) is 27.4 Å². The van der Waals surface area contributed by atoms with Crippen molar-refractivity contribution in [2.45, 2.75) is 4.21 Å². The molecule has 1 aromatic carbocycles. The minimum absolute atomic E-state index is 0.117. The van der Waals surface area contributed by atoms with Crippen molar-refractivity contribution in [1.29, 1.82) is 0 Å². The van der Waals surface area contributed by atoms with E-state index in [0.29, 0.717) is 5.02 Å². The smallest absolute Gasteiger partial charge is 0.257 e. The number of hydrogen-bond donors (Lipinski definition) is 1. The maximum atomic E-state index is 12.6. The minimum atomic E-state index is -3.56. The lowest BCUT2D eigenvalue weighted by Crippen LogP contribution is -2.50. The van der Waals surface area contributed by atoms with Gasteiger partial charge in [-0.25, -0.2) is 8.42 Å². The predicted octanol–water partition coefficient (Wildman–Crippen LogP) is 3.02. The average molecular weight is 466 g/mol. The van der Waals surface area contributed by atoms with Gasteiger partial charge in [0.1, 0.15) is 9.96 Å². The van der Waals surface area contributed by atoms with Gasteiger partial charge in [-0.1, -0.05) is 11.6 Å². The molecule has 0 saturated carbocycles. The first-order valence-corrected chi connectivity index (χ1v) is 10.7. The van der Waals surface area contributed by atoms with E-state index in [4.69, 9.17) is 11.6 Å². The van der Waals surface area contributed by atoms with E-state index in [1.807, 2.05) is 0 Å². The van der Waals surface area contributed by atoms with Gasteiger partial charge < -0.3 is 10.0 Å². The fourth-order valence-corrected chi connectivity index (χ4v) is 6.30. The van der Waals surface area contributed by atoms with Crippen LogP contribution in [0, 0.1) is 0 Å². The molecule has 1 aromatic heterocycles. The Morgan fingerprint density at radius 2 is 1.84 bits per heavy atom. The van der Waals surface area contributed by atoms with Crippen LogP contribution in [0.2, 0.25) is 5.02 Å². The summed E-state index contributed by atoms with van der Waals surface area (Å²) in [4.78, 5) is 14.1. The zero-order chi connectivity index (χ0) is 18.2. The third-order valence-corrected chi connectivity index (χ3v) is 8.08. The molecule has 2 aromatic rings. The third-order valence-electron chi connectivity index (χ3n) is 3.86. The Labute approximate surface area is 162 Å². The fraction of sp³-hybridized carbons (Fsp3) is 0.267. The number of aromatic hydroxyl groups is 1. The van der Waals surface area contributed by atoms with Gasteiger partial charge in [0, 0.05) is 31.2 Å². The van der Waals surface area contributed by atoms with Crippen molar-refractivity contribution in [3.63, 3.8) is 0 Å². The summed E-state index contributed by atoms with van der Waals surface area (Å²) in [5.41, 5.74) is 0.117. The number of carbonyl (C=O) groups excluding carboxylic acids is 1. The second kappa shape index (κ2) is 7.24. The Bertz CT molecular complexity index is 908. The Kier molecular flexibility index (Phi) is 5.40. The third kappa shape index (κ3) is 3.85. The topological polar surface area (TPSA) is 77.9 Å². The first-order valence-electron chi connectivity index (χ1n) is 7.32. The van der Waals surface area contributed by atoms with Crippen LogP contribution in [0.5, 0.6) is 5.75 Å². The number of nitrogens with zero attached hydrogens (tertiary/aromatic N) is 2. The summed E-state index contributed by atoms with van der Waals surface area (Å²) >= 11 is 10.3. The molecule has 0 radical (unpaired) electrons. The summed E-state index contributed by atoms with van der Waals surface area (Å²) in [7, 11) is -3.56. The molecule has 25 heavy (non-hydrogen) atoms. The Morgan fingerprint density at radius 3 is 2.44 bits per heavy atom. The first-order chi connectivity index (χ1) is 11.8. The van der Waals surface area contributed by atoms with Crippen molar-refractivity contribution in [1.82, 2.24) is 9.21 Å². The van der Waals surface area contributed by atoms with E-state index in [2.05, 4.69) is 15.9 Å². The Hall–Kier alpha value is -1.13. The van der Waals surface area contributed by atoms with Gasteiger partial charge in [-0.15, -0.1) is 11.3 Å². The van der Waals surface area contributed by atoms with Crippen molar-refractivity contribution in [2.24, 2.45) is 0 Å². The molecule has 1 amide bonds. The summed E-state index contributed by atoms with van der Waals surface area (Å²) in [6.07, 6.45) is 0. The van der Waals surface area contributed by atoms with Gasteiger partial charge in [-0.3, -0.25) is 4.79 Å². The molecule has 134 valence electrons. The van der Waals surface area contributed by atoms with Crippen LogP contribution >= 0.6 is 38.9 Å². The molecular formula is C15H14BrClN2O4S2. The standard InChI is InChI=1S/C15H14BrClN2O4S2/c16-13-3-4-14(24-13)25(22,23)19-7-5-18(6-8-19)15(21)11-9-10(17)1-2-12(11)20/h1-4,9,20H,5-8H2. The predicted molar refractivity (Wildman–Crippen MR) is 99.8 cm³/mol. The second-order valence-corrected chi connectivity index (χ2v) is 10.5. The van der Waals surface area contributed by atoms with Crippen molar-refractivity contribution in [3.05, 3.63) is 44.7 Å². The maximum Gasteiger partial charge on any atom is 0.257 e. The van der Waals surface area contributed by atoms with Gasteiger partial charge in [0.05, 0.1) is 9.35 Å². The molecule has 0 aliphatic carbocycles. The van der Waals surface area contributed by atoms with E-state index >= 15 is 0 Å². The van der Waals surface area contributed by atoms with Crippen LogP contribution in [-0.4, -0.2) is 54.8 Å². The zero-order valence-corrected chi connectivity index (χ0v) is 16.8. The van der Waals surface area contributed by atoms with Crippen LogP contribution in [0.25, 0.3) is 0 Å². The molecule has 10 heteroatoms. The number of phenolic OH excluding ortho intramolecular Hbond substituents is 1. The number of phenols is 1. The molecule has 1 aliphatic rings. The molecule has 0 unspecified atom stereocenters. The van der Waals surface area contributed by atoms with Crippen LogP contribution in [-0.2, 0) is 10.0 Å². The van der Waals surface area contributed by atoms with Crippen LogP contribution < -0.4 is 0 Å². The highest BCUT2D eigenvalue weighted by molar-refractivity contribution is 9.11. The fourth-order valence-electron chi connectivity index (χ4n) is 2.55. The van der Waals surface area contributed by atoms with Gasteiger partial charge >= 0.3 is 0 Å². The number of thiophene rings is 1. The van der Waals surface area contributed by atoms with Gasteiger partial charge in [0.15, 0.2) is 0 Å². The van der Waals surface area contributed by atoms with E-state index in [0.717, 1.165) is 15.1 Å². The number of benzene rings is 1. The minimum Gasteiger partial charge on any atom is -0.507 e. The molecule has 2 heterocycles. The van der Waals surface area contributed by atoms with Gasteiger partial charge in [0.2, 0.25) is 0 Å². The molecule has 1 saturated heterocycles. The first kappa shape index (κ1) is 18.7. The quantitative estimate of drug-likeness (QED) is 0.756. The summed E-state index contributed by atoms with van der Waals surface area (Å²) in [6.45, 7) is 0.892. The highest BCUT2D eigenvalue weighted by Crippen LogP contribution is 2.29. The summed E-state index contributed by atoms with van der Waals surface area (Å²) < 4.78 is 27.6. The molecule has 0 atom stereocenters. The lowest BCUT2D eigenvalue weighted by molar-refractivity contribution is 0.0695. The number of rotatable bonds is 3. The second-order valence-electron chi connectivity index (χ2n) is 5.42. The van der Waals surface area contributed by atoms with E-state index in [9.17, 15) is 18.3 Å². The van der Waals surface area contributed by atoms with Crippen LogP contribution in [0.4, 0.5) is 0 Å². The van der Waals surface area contributed by atoms with Crippen LogP contribution in [0.3, 0.4) is 0 Å². The number of amides is 1. The molecule has 1 fully saturated rings. The number of hydrogen-bond acceptors (Lipinski definition) is 5. The molecule has 1 N–H and O–H groups in total. The molecule has 0 bridgehead atoms. The van der Waals surface area contributed by atoms with Crippen molar-refractivity contribution in [3.8, 4) is 5.75 Å². The lowest BCUT2D eigenvalue weighted by Gasteiger charge is -2.33. The van der Waals surface area contributed by atoms with Gasteiger partial charge in [-0.05, 0) is 46.3 Å². The van der Waals surface area contributed by atoms with Crippen LogP contribution in [0.1, 0.15) is 10.4 Å². The molecular weight excluding hydrogens is 452 g/mol. The maximum absolute atomic E-state index is 12.6. The van der Waals surface area contributed by atoms with Crippen LogP contribution in [0.15, 0.2) is 38.3 Å². The number of sulfonamides is 1. The van der Waals surface area contributed by atoms with Crippen molar-refractivity contribution >= 4 is 54.8 Å². The van der Waals surface area contributed by atoms with E-state index < -0.39 is 10.0 Å². The molecule has 6 nitrogen and oxygen atoms in total. The average Bonchev–Trinajstić information content (AvgIpc) is 3.04. The van der Waals surface area contributed by atoms with Crippen molar-refractivity contribution in [2.75, 3.05) is 26.2 Å². The molecule has 0 spiro atoms. The zero-order valence-electron chi connectivity index (χ0n) is 12.9. The number of halogens is 2. The lowest BCUT2D eigenvalue weighted by atomic mass is 10.1. The SMILES string of the molecule is O=C(c1cc(Cl)ccc1O)N1CCN(S(=O)(=O)c2ccc(Br)s2)CC1. The normalized spacial score (nSPS) is 16.2. The monoisotopic (exact) mass is 464 g/mol. The number of carbonyl (C=O) groups is 1. The summed E-state index contributed by atoms with van der Waals surface area (Å²) in [5, 5.41) is 10.2. The van der Waals surface area contributed by atoms with Gasteiger partial charge in [0.25, 0.3) is 15.9 Å². The van der Waals surface area contributed by atoms with Gasteiger partial charge in [-0.2, -0.15) is 4.31 Å². The molecule has 1 aliphatic heterocycles. The Balaban J connectivity index is 1.71. The highest BCUT2D eigenvalue weighted by Gasteiger charge is 2.32. The number of piperazine rings is 1. The molecule has 3 rings (SSSR count). The Morgan fingerprint density at radius 1 is 1.16 bits per heavy atom. The van der Waals surface area contributed by atoms with E-state index in [1.54, 1.807) is 12.1 Å². The highest BCUT2D eigenvalue weighted by atomic mass is 79.9. The summed E-state index contributed by atoms with van der Waals surface area (Å²) in [6, 6.07) is 7.53. The largest absolute Gasteiger partial charge is 0.507 e. The summed E-state index contributed by atoms with van der Waals surface area (Å²) in [5.74, 6) is -0.510.